The highest BCUT2D eigenvalue weighted by molar-refractivity contribution is 14.1. The second-order valence-electron chi connectivity index (χ2n) is 4.32. The van der Waals surface area contributed by atoms with Crippen molar-refractivity contribution >= 4 is 34.2 Å². The Morgan fingerprint density at radius 3 is 2.38 bits per heavy atom. The molecule has 0 aliphatic heterocycles. The maximum atomic E-state index is 12.0. The van der Waals surface area contributed by atoms with Gasteiger partial charge in [0.2, 0.25) is 5.91 Å². The van der Waals surface area contributed by atoms with Crippen LogP contribution in [0.15, 0.2) is 24.3 Å². The third kappa shape index (κ3) is 2.55. The lowest BCUT2D eigenvalue weighted by atomic mass is 9.98. The second kappa shape index (κ2) is 4.71. The van der Waals surface area contributed by atoms with Crippen LogP contribution in [0.3, 0.4) is 0 Å². The molecule has 0 spiro atoms. The number of rotatable bonds is 2. The van der Waals surface area contributed by atoms with Gasteiger partial charge in [0.05, 0.1) is 5.54 Å². The number of amides is 1. The summed E-state index contributed by atoms with van der Waals surface area (Å²) in [6.07, 6.45) is 3.69. The van der Waals surface area contributed by atoms with Gasteiger partial charge in [-0.3, -0.25) is 4.79 Å². The molecule has 1 aliphatic rings. The van der Waals surface area contributed by atoms with Crippen LogP contribution in [-0.2, 0) is 4.79 Å². The number of hydrogen-bond donors (Lipinski definition) is 2. The zero-order valence-electron chi connectivity index (χ0n) is 9.00. The summed E-state index contributed by atoms with van der Waals surface area (Å²) in [6.45, 7) is 0. The summed E-state index contributed by atoms with van der Waals surface area (Å²) in [6, 6.07) is 7.73. The molecule has 1 fully saturated rings. The van der Waals surface area contributed by atoms with Gasteiger partial charge < -0.3 is 11.1 Å². The van der Waals surface area contributed by atoms with Crippen molar-refractivity contribution in [3.63, 3.8) is 0 Å². The molecule has 3 nitrogen and oxygen atoms in total. The van der Waals surface area contributed by atoms with Crippen LogP contribution in [-0.4, -0.2) is 11.4 Å². The summed E-state index contributed by atoms with van der Waals surface area (Å²) in [7, 11) is 0. The van der Waals surface area contributed by atoms with Gasteiger partial charge in [0, 0.05) is 9.26 Å². The van der Waals surface area contributed by atoms with Crippen LogP contribution in [0.1, 0.15) is 25.7 Å². The fraction of sp³-hybridized carbons (Fsp3) is 0.417. The number of hydrogen-bond acceptors (Lipinski definition) is 2. The van der Waals surface area contributed by atoms with E-state index in [9.17, 15) is 4.79 Å². The standard InChI is InChI=1S/C12H15IN2O/c13-9-3-5-10(6-4-9)15-11(16)12(14)7-1-2-8-12/h3-6H,1-2,7-8,14H2,(H,15,16). The molecular weight excluding hydrogens is 315 g/mol. The van der Waals surface area contributed by atoms with Crippen molar-refractivity contribution in [3.05, 3.63) is 27.8 Å². The Labute approximate surface area is 109 Å². The first-order valence-electron chi connectivity index (χ1n) is 5.46. The fourth-order valence-electron chi connectivity index (χ4n) is 2.02. The van der Waals surface area contributed by atoms with Crippen LogP contribution in [0, 0.1) is 3.57 Å². The van der Waals surface area contributed by atoms with Gasteiger partial charge in [0.1, 0.15) is 0 Å². The van der Waals surface area contributed by atoms with E-state index in [1.807, 2.05) is 24.3 Å². The van der Waals surface area contributed by atoms with E-state index in [0.717, 1.165) is 34.9 Å². The highest BCUT2D eigenvalue weighted by Gasteiger charge is 2.36. The van der Waals surface area contributed by atoms with Crippen molar-refractivity contribution < 1.29 is 4.79 Å². The zero-order chi connectivity index (χ0) is 11.6. The molecule has 0 bridgehead atoms. The van der Waals surface area contributed by atoms with E-state index in [-0.39, 0.29) is 5.91 Å². The van der Waals surface area contributed by atoms with E-state index in [2.05, 4.69) is 27.9 Å². The largest absolute Gasteiger partial charge is 0.324 e. The number of halogens is 1. The number of nitrogens with two attached hydrogens (primary N) is 1. The minimum atomic E-state index is -0.650. The van der Waals surface area contributed by atoms with Gasteiger partial charge in [0.15, 0.2) is 0 Å². The Morgan fingerprint density at radius 1 is 1.25 bits per heavy atom. The van der Waals surface area contributed by atoms with Crippen LogP contribution >= 0.6 is 22.6 Å². The molecule has 3 N–H and O–H groups in total. The van der Waals surface area contributed by atoms with Crippen LogP contribution in [0.4, 0.5) is 5.69 Å². The molecule has 0 radical (unpaired) electrons. The quantitative estimate of drug-likeness (QED) is 0.819. The molecule has 86 valence electrons. The topological polar surface area (TPSA) is 55.1 Å². The van der Waals surface area contributed by atoms with E-state index in [4.69, 9.17) is 5.73 Å². The minimum absolute atomic E-state index is 0.0498. The van der Waals surface area contributed by atoms with Gasteiger partial charge >= 0.3 is 0 Å². The molecule has 16 heavy (non-hydrogen) atoms. The first kappa shape index (κ1) is 11.9. The van der Waals surface area contributed by atoms with Gasteiger partial charge in [-0.15, -0.1) is 0 Å². The van der Waals surface area contributed by atoms with E-state index < -0.39 is 5.54 Å². The average molecular weight is 330 g/mol. The summed E-state index contributed by atoms with van der Waals surface area (Å²) >= 11 is 2.23. The third-order valence-corrected chi connectivity index (χ3v) is 3.77. The predicted molar refractivity (Wildman–Crippen MR) is 73.2 cm³/mol. The Kier molecular flexibility index (Phi) is 3.49. The van der Waals surface area contributed by atoms with Crippen molar-refractivity contribution in [1.29, 1.82) is 0 Å². The van der Waals surface area contributed by atoms with Crippen molar-refractivity contribution in [1.82, 2.24) is 0 Å². The van der Waals surface area contributed by atoms with E-state index >= 15 is 0 Å². The number of benzene rings is 1. The van der Waals surface area contributed by atoms with Gasteiger partial charge in [-0.05, 0) is 59.7 Å². The van der Waals surface area contributed by atoms with Crippen LogP contribution in [0.25, 0.3) is 0 Å². The summed E-state index contributed by atoms with van der Waals surface area (Å²) < 4.78 is 1.15. The normalized spacial score (nSPS) is 18.4. The molecule has 1 aromatic rings. The van der Waals surface area contributed by atoms with E-state index in [1.165, 1.54) is 0 Å². The molecule has 0 unspecified atom stereocenters. The SMILES string of the molecule is NC1(C(=O)Nc2ccc(I)cc2)CCCC1. The maximum absolute atomic E-state index is 12.0. The molecule has 4 heteroatoms. The van der Waals surface area contributed by atoms with Crippen LogP contribution in [0.2, 0.25) is 0 Å². The van der Waals surface area contributed by atoms with Crippen molar-refractivity contribution in [3.8, 4) is 0 Å². The molecule has 0 heterocycles. The molecule has 1 saturated carbocycles. The Bertz CT molecular complexity index is 383. The Balaban J connectivity index is 2.04. The van der Waals surface area contributed by atoms with Crippen molar-refractivity contribution in [2.75, 3.05) is 5.32 Å². The molecule has 2 rings (SSSR count). The molecule has 0 aromatic heterocycles. The molecule has 1 aromatic carbocycles. The lowest BCUT2D eigenvalue weighted by molar-refractivity contribution is -0.121. The van der Waals surface area contributed by atoms with Crippen molar-refractivity contribution in [2.24, 2.45) is 5.73 Å². The molecular formula is C12H15IN2O. The minimum Gasteiger partial charge on any atom is -0.324 e. The predicted octanol–water partition coefficient (Wildman–Crippen LogP) is 2.50. The fourth-order valence-corrected chi connectivity index (χ4v) is 2.38. The maximum Gasteiger partial charge on any atom is 0.244 e. The Morgan fingerprint density at radius 2 is 1.81 bits per heavy atom. The lowest BCUT2D eigenvalue weighted by Gasteiger charge is -2.22. The molecule has 1 aliphatic carbocycles. The molecule has 1 amide bonds. The molecule has 0 saturated heterocycles. The number of nitrogens with one attached hydrogen (secondary N) is 1. The first-order chi connectivity index (χ1) is 7.60. The second-order valence-corrected chi connectivity index (χ2v) is 5.57. The lowest BCUT2D eigenvalue weighted by Crippen LogP contribution is -2.48. The van der Waals surface area contributed by atoms with Crippen LogP contribution < -0.4 is 11.1 Å². The number of carbonyl (C=O) groups is 1. The summed E-state index contributed by atoms with van der Waals surface area (Å²) in [5, 5.41) is 2.88. The molecule has 0 atom stereocenters. The Hall–Kier alpha value is -0.620. The van der Waals surface area contributed by atoms with E-state index in [1.54, 1.807) is 0 Å². The number of anilines is 1. The van der Waals surface area contributed by atoms with Gasteiger partial charge in [0.25, 0.3) is 0 Å². The summed E-state index contributed by atoms with van der Waals surface area (Å²) in [4.78, 5) is 12.0. The summed E-state index contributed by atoms with van der Waals surface area (Å²) in [5.41, 5.74) is 6.24. The average Bonchev–Trinajstić information content (AvgIpc) is 2.70. The monoisotopic (exact) mass is 330 g/mol. The third-order valence-electron chi connectivity index (χ3n) is 3.05. The zero-order valence-corrected chi connectivity index (χ0v) is 11.2. The van der Waals surface area contributed by atoms with Gasteiger partial charge in [-0.2, -0.15) is 0 Å². The highest BCUT2D eigenvalue weighted by atomic mass is 127. The van der Waals surface area contributed by atoms with Crippen LogP contribution in [0.5, 0.6) is 0 Å². The van der Waals surface area contributed by atoms with Gasteiger partial charge in [-0.1, -0.05) is 12.8 Å². The van der Waals surface area contributed by atoms with E-state index in [0.29, 0.717) is 0 Å². The van der Waals surface area contributed by atoms with Gasteiger partial charge in [-0.25, -0.2) is 0 Å². The smallest absolute Gasteiger partial charge is 0.244 e. The van der Waals surface area contributed by atoms with Crippen molar-refractivity contribution in [2.45, 2.75) is 31.2 Å². The summed E-state index contributed by atoms with van der Waals surface area (Å²) in [5.74, 6) is -0.0498. The number of carbonyl (C=O) groups excluding carboxylic acids is 1. The first-order valence-corrected chi connectivity index (χ1v) is 6.54. The highest BCUT2D eigenvalue weighted by Crippen LogP contribution is 2.28.